The lowest BCUT2D eigenvalue weighted by Crippen LogP contribution is -2.20. The first-order valence-corrected chi connectivity index (χ1v) is 5.06. The summed E-state index contributed by atoms with van der Waals surface area (Å²) in [4.78, 5) is 10.7. The number of aliphatic hydroxyl groups excluding tert-OH is 1. The third kappa shape index (κ3) is 4.12. The molecule has 0 spiro atoms. The van der Waals surface area contributed by atoms with Crippen molar-refractivity contribution in [2.45, 2.75) is 6.92 Å². The van der Waals surface area contributed by atoms with Crippen LogP contribution < -0.4 is 10.2 Å². The Balaban J connectivity index is 2.71. The molecule has 6 nitrogen and oxygen atoms in total. The lowest BCUT2D eigenvalue weighted by atomic mass is 10.2. The van der Waals surface area contributed by atoms with Crippen molar-refractivity contribution in [1.82, 2.24) is 5.43 Å². The van der Waals surface area contributed by atoms with E-state index in [1.807, 2.05) is 6.92 Å². The van der Waals surface area contributed by atoms with Crippen LogP contribution in [0.5, 0.6) is 11.5 Å². The Bertz CT molecular complexity index is 418. The number of hydrogen-bond acceptors (Lipinski definition) is 5. The van der Waals surface area contributed by atoms with E-state index in [1.165, 1.54) is 12.3 Å². The number of ether oxygens (including phenoxy) is 1. The van der Waals surface area contributed by atoms with Crippen LogP contribution in [0.15, 0.2) is 23.3 Å². The van der Waals surface area contributed by atoms with Crippen LogP contribution in [0.4, 0.5) is 0 Å². The molecule has 17 heavy (non-hydrogen) atoms. The largest absolute Gasteiger partial charge is 0.504 e. The topological polar surface area (TPSA) is 91.2 Å². The van der Waals surface area contributed by atoms with Crippen LogP contribution in [-0.2, 0) is 4.79 Å². The van der Waals surface area contributed by atoms with Gasteiger partial charge in [-0.15, -0.1) is 0 Å². The van der Waals surface area contributed by atoms with Crippen LogP contribution in [0.1, 0.15) is 12.5 Å². The average molecular weight is 238 g/mol. The van der Waals surface area contributed by atoms with Gasteiger partial charge in [0, 0.05) is 0 Å². The second-order valence-electron chi connectivity index (χ2n) is 3.11. The third-order valence-electron chi connectivity index (χ3n) is 1.83. The quantitative estimate of drug-likeness (QED) is 0.506. The Kier molecular flexibility index (Phi) is 4.96. The van der Waals surface area contributed by atoms with Gasteiger partial charge in [0.1, 0.15) is 6.61 Å². The molecule has 0 bridgehead atoms. The molecule has 0 atom stereocenters. The number of aliphatic hydroxyl groups is 1. The first-order valence-electron chi connectivity index (χ1n) is 5.06. The molecule has 0 aliphatic heterocycles. The monoisotopic (exact) mass is 238 g/mol. The van der Waals surface area contributed by atoms with E-state index in [-0.39, 0.29) is 5.75 Å². The van der Waals surface area contributed by atoms with Gasteiger partial charge in [0.2, 0.25) is 0 Å². The second-order valence-corrected chi connectivity index (χ2v) is 3.11. The van der Waals surface area contributed by atoms with Crippen molar-refractivity contribution in [2.75, 3.05) is 13.2 Å². The summed E-state index contributed by atoms with van der Waals surface area (Å²) in [7, 11) is 0. The van der Waals surface area contributed by atoms with Gasteiger partial charge in [-0.2, -0.15) is 5.10 Å². The summed E-state index contributed by atoms with van der Waals surface area (Å²) in [6, 6.07) is 4.68. The molecule has 0 saturated heterocycles. The van der Waals surface area contributed by atoms with Crippen LogP contribution >= 0.6 is 0 Å². The van der Waals surface area contributed by atoms with Gasteiger partial charge in [0.15, 0.2) is 11.5 Å². The molecule has 0 radical (unpaired) electrons. The molecule has 6 heteroatoms. The summed E-state index contributed by atoms with van der Waals surface area (Å²) in [5, 5.41) is 21.5. The summed E-state index contributed by atoms with van der Waals surface area (Å²) in [5.41, 5.74) is 2.78. The van der Waals surface area contributed by atoms with Gasteiger partial charge in [0.05, 0.1) is 12.8 Å². The van der Waals surface area contributed by atoms with Crippen LogP contribution in [0.2, 0.25) is 0 Å². The number of nitrogens with one attached hydrogen (secondary N) is 1. The van der Waals surface area contributed by atoms with Crippen LogP contribution in [0.3, 0.4) is 0 Å². The highest BCUT2D eigenvalue weighted by Gasteiger charge is 2.02. The molecular formula is C11H14N2O4. The number of amides is 1. The summed E-state index contributed by atoms with van der Waals surface area (Å²) in [6.45, 7) is 1.63. The van der Waals surface area contributed by atoms with E-state index in [0.29, 0.717) is 17.9 Å². The minimum atomic E-state index is -0.614. The van der Waals surface area contributed by atoms with E-state index >= 15 is 0 Å². The molecule has 0 aromatic heterocycles. The minimum Gasteiger partial charge on any atom is -0.504 e. The first-order chi connectivity index (χ1) is 8.17. The van der Waals surface area contributed by atoms with E-state index in [1.54, 1.807) is 12.1 Å². The summed E-state index contributed by atoms with van der Waals surface area (Å²) < 4.78 is 5.19. The molecule has 0 aliphatic carbocycles. The molecular weight excluding hydrogens is 224 g/mol. The molecule has 1 aromatic rings. The Morgan fingerprint density at radius 2 is 2.35 bits per heavy atom. The molecule has 0 heterocycles. The molecule has 1 amide bonds. The smallest absolute Gasteiger partial charge is 0.265 e. The van der Waals surface area contributed by atoms with Gasteiger partial charge < -0.3 is 14.9 Å². The Morgan fingerprint density at radius 3 is 3.00 bits per heavy atom. The fraction of sp³-hybridized carbons (Fsp3) is 0.273. The molecule has 0 unspecified atom stereocenters. The molecule has 92 valence electrons. The van der Waals surface area contributed by atoms with Crippen molar-refractivity contribution in [3.63, 3.8) is 0 Å². The highest BCUT2D eigenvalue weighted by molar-refractivity contribution is 5.83. The number of aromatic hydroxyl groups is 1. The average Bonchev–Trinajstić information content (AvgIpc) is 2.33. The van der Waals surface area contributed by atoms with Gasteiger partial charge >= 0.3 is 0 Å². The van der Waals surface area contributed by atoms with Gasteiger partial charge in [-0.25, -0.2) is 5.43 Å². The van der Waals surface area contributed by atoms with Crippen molar-refractivity contribution >= 4 is 12.1 Å². The number of rotatable bonds is 5. The Labute approximate surface area is 98.5 Å². The van der Waals surface area contributed by atoms with Crippen molar-refractivity contribution < 1.29 is 19.7 Å². The van der Waals surface area contributed by atoms with Crippen LogP contribution in [0.25, 0.3) is 0 Å². The van der Waals surface area contributed by atoms with Gasteiger partial charge in [-0.1, -0.05) is 0 Å². The maximum Gasteiger partial charge on any atom is 0.265 e. The number of carbonyl (C=O) groups is 1. The number of benzene rings is 1. The SMILES string of the molecule is CCOc1cc(/C=N/NC(=O)CO)ccc1O. The Morgan fingerprint density at radius 1 is 1.59 bits per heavy atom. The molecule has 0 saturated carbocycles. The maximum atomic E-state index is 10.7. The predicted molar refractivity (Wildman–Crippen MR) is 62.1 cm³/mol. The van der Waals surface area contributed by atoms with E-state index < -0.39 is 12.5 Å². The van der Waals surface area contributed by atoms with Crippen molar-refractivity contribution in [2.24, 2.45) is 5.10 Å². The highest BCUT2D eigenvalue weighted by atomic mass is 16.5. The minimum absolute atomic E-state index is 0.0448. The summed E-state index contributed by atoms with van der Waals surface area (Å²) in [5.74, 6) is -0.196. The molecule has 3 N–H and O–H groups in total. The molecule has 1 aromatic carbocycles. The first kappa shape index (κ1) is 13.0. The number of hydrazone groups is 1. The summed E-state index contributed by atoms with van der Waals surface area (Å²) in [6.07, 6.45) is 1.38. The van der Waals surface area contributed by atoms with E-state index in [0.717, 1.165) is 0 Å². The highest BCUT2D eigenvalue weighted by Crippen LogP contribution is 2.25. The van der Waals surface area contributed by atoms with E-state index in [9.17, 15) is 9.90 Å². The zero-order chi connectivity index (χ0) is 12.7. The second kappa shape index (κ2) is 6.49. The fourth-order valence-corrected chi connectivity index (χ4v) is 1.10. The van der Waals surface area contributed by atoms with Crippen LogP contribution in [-0.4, -0.2) is 35.5 Å². The molecule has 0 aliphatic rings. The molecule has 0 fully saturated rings. The fourth-order valence-electron chi connectivity index (χ4n) is 1.10. The molecule has 1 rings (SSSR count). The predicted octanol–water partition coefficient (Wildman–Crippen LogP) is 0.233. The van der Waals surface area contributed by atoms with Crippen molar-refractivity contribution in [3.05, 3.63) is 23.8 Å². The Hall–Kier alpha value is -2.08. The van der Waals surface area contributed by atoms with Gasteiger partial charge in [-0.3, -0.25) is 4.79 Å². The maximum absolute atomic E-state index is 10.7. The van der Waals surface area contributed by atoms with Gasteiger partial charge in [-0.05, 0) is 30.7 Å². The lowest BCUT2D eigenvalue weighted by molar-refractivity contribution is -0.123. The summed E-state index contributed by atoms with van der Waals surface area (Å²) >= 11 is 0. The van der Waals surface area contributed by atoms with E-state index in [4.69, 9.17) is 9.84 Å². The number of phenols is 1. The number of hydrogen-bond donors (Lipinski definition) is 3. The number of phenolic OH excluding ortho intramolecular Hbond substituents is 1. The number of carbonyl (C=O) groups excluding carboxylic acids is 1. The van der Waals surface area contributed by atoms with Crippen molar-refractivity contribution in [3.8, 4) is 11.5 Å². The lowest BCUT2D eigenvalue weighted by Gasteiger charge is -2.05. The third-order valence-corrected chi connectivity index (χ3v) is 1.83. The van der Waals surface area contributed by atoms with Gasteiger partial charge in [0.25, 0.3) is 5.91 Å². The zero-order valence-electron chi connectivity index (χ0n) is 9.38. The number of nitrogens with zero attached hydrogens (tertiary/aromatic N) is 1. The zero-order valence-corrected chi connectivity index (χ0v) is 9.38. The van der Waals surface area contributed by atoms with E-state index in [2.05, 4.69) is 10.5 Å². The van der Waals surface area contributed by atoms with Crippen molar-refractivity contribution in [1.29, 1.82) is 0 Å². The standard InChI is InChI=1S/C11H14N2O4/c1-2-17-10-5-8(3-4-9(10)15)6-12-13-11(16)7-14/h3-6,14-15H,2,7H2,1H3,(H,13,16)/b12-6+. The normalized spacial score (nSPS) is 10.5. The van der Waals surface area contributed by atoms with Crippen LogP contribution in [0, 0.1) is 0 Å².